The van der Waals surface area contributed by atoms with E-state index in [1.165, 1.54) is 149 Å². The maximum atomic E-state index is 13.4. The summed E-state index contributed by atoms with van der Waals surface area (Å²) in [5.74, 6) is 5.25. The van der Waals surface area contributed by atoms with Gasteiger partial charge in [-0.3, -0.25) is 57.5 Å². The summed E-state index contributed by atoms with van der Waals surface area (Å²) in [6.07, 6.45) is 61.6. The van der Waals surface area contributed by atoms with Crippen LogP contribution in [0.5, 0.6) is 0 Å². The Bertz CT molecular complexity index is 3700. The molecule has 2 aromatic rings. The van der Waals surface area contributed by atoms with Gasteiger partial charge in [0.25, 0.3) is 0 Å². The zero-order chi connectivity index (χ0) is 101. The van der Waals surface area contributed by atoms with Crippen molar-refractivity contribution in [3.63, 3.8) is 0 Å². The Balaban J connectivity index is 0.000000294. The molecule has 12 bridgehead atoms. The van der Waals surface area contributed by atoms with Crippen LogP contribution in [0.2, 0.25) is 0 Å². The number of nitrogens with zero attached hydrogens (tertiary/aromatic N) is 6. The molecule has 12 aliphatic rings. The predicted molar refractivity (Wildman–Crippen MR) is 564 cm³/mol. The molecule has 12 aliphatic carbocycles. The van der Waals surface area contributed by atoms with Gasteiger partial charge in [0, 0.05) is 118 Å². The Hall–Kier alpha value is -7.92. The highest BCUT2D eigenvalue weighted by molar-refractivity contribution is 6.00. The van der Waals surface area contributed by atoms with E-state index in [4.69, 9.17) is 0 Å². The van der Waals surface area contributed by atoms with Crippen molar-refractivity contribution in [1.29, 1.82) is 0 Å². The Labute approximate surface area is 851 Å². The van der Waals surface area contributed by atoms with Crippen LogP contribution in [0.4, 0.5) is 0 Å². The summed E-state index contributed by atoms with van der Waals surface area (Å²) in [5, 5.41) is 18.0. The van der Waals surface area contributed by atoms with E-state index in [1.807, 2.05) is 35.8 Å². The quantitative estimate of drug-likeness (QED) is 0.0266. The number of carbonyl (C=O) groups excluding carboxylic acids is 12. The van der Waals surface area contributed by atoms with E-state index in [0.29, 0.717) is 58.9 Å². The van der Waals surface area contributed by atoms with Crippen molar-refractivity contribution in [2.24, 2.45) is 53.3 Å². The molecule has 12 fully saturated rings. The fourth-order valence-corrected chi connectivity index (χ4v) is 27.1. The first-order valence-corrected chi connectivity index (χ1v) is 57.4. The van der Waals surface area contributed by atoms with Crippen molar-refractivity contribution in [3.05, 3.63) is 69.8 Å². The van der Waals surface area contributed by atoms with Crippen molar-refractivity contribution < 1.29 is 57.5 Å². The fraction of sp³-hybridized carbons (Fsp3) is 0.795. The zero-order valence-electron chi connectivity index (χ0n) is 89.7. The summed E-state index contributed by atoms with van der Waals surface area (Å²) in [5.41, 5.74) is 7.92. The van der Waals surface area contributed by atoms with E-state index in [0.717, 1.165) is 304 Å². The van der Waals surface area contributed by atoms with Crippen LogP contribution in [-0.2, 0) is 96.1 Å². The number of amides is 12. The molecule has 0 spiro atoms. The van der Waals surface area contributed by atoms with Crippen molar-refractivity contribution in [3.8, 4) is 0 Å². The van der Waals surface area contributed by atoms with Gasteiger partial charge < -0.3 is 61.3 Å². The molecule has 0 atom stereocenters. The normalized spacial score (nSPS) is 22.7. The average Bonchev–Trinajstić information content (AvgIpc) is 0.746. The number of rotatable bonds is 69. The van der Waals surface area contributed by atoms with Gasteiger partial charge in [-0.05, 0) is 337 Å². The van der Waals surface area contributed by atoms with Crippen molar-refractivity contribution in [2.75, 3.05) is 101 Å². The van der Waals surface area contributed by atoms with E-state index in [1.54, 1.807) is 35.8 Å². The molecule has 141 heavy (non-hydrogen) atoms. The summed E-state index contributed by atoms with van der Waals surface area (Å²) in [6, 6.07) is 14.1. The number of carbonyl (C=O) groups is 12. The lowest BCUT2D eigenvalue weighted by Crippen LogP contribution is -2.60. The van der Waals surface area contributed by atoms with E-state index < -0.39 is 0 Å². The Morgan fingerprint density at radius 1 is 0.220 bits per heavy atom. The van der Waals surface area contributed by atoms with Gasteiger partial charge in [-0.2, -0.15) is 0 Å². The van der Waals surface area contributed by atoms with E-state index in [-0.39, 0.29) is 126 Å². The maximum absolute atomic E-state index is 13.4. The first kappa shape index (κ1) is 115. The molecule has 24 nitrogen and oxygen atoms in total. The molecular weight excluding hydrogens is 1770 g/mol. The van der Waals surface area contributed by atoms with Gasteiger partial charge in [-0.15, -0.1) is 0 Å². The predicted octanol–water partition coefficient (Wildman–Crippen LogP) is 19.3. The molecule has 6 N–H and O–H groups in total. The largest absolute Gasteiger partial charge is 0.356 e. The highest BCUT2D eigenvalue weighted by Crippen LogP contribution is 2.60. The minimum Gasteiger partial charge on any atom is -0.356 e. The van der Waals surface area contributed by atoms with Crippen LogP contribution in [0.15, 0.2) is 36.4 Å². The number of aryl methyl sites for hydroxylation is 6. The average molecular weight is 1960 g/mol. The van der Waals surface area contributed by atoms with Crippen LogP contribution in [-0.4, -0.2) is 218 Å². The second-order valence-corrected chi connectivity index (χ2v) is 46.3. The molecule has 12 saturated carbocycles. The SMILES string of the molecule is CCCCCCCN(C)C(=O)CC(=O)NCCCCCc1cc(CCCCCNC(=O)CC(=O)N(C)CCCCCCC)cc(CCCCCNC(=O)CC(=O)N(C)CCCCCCC)c1.CN(C(=O)CC(=O)NCCCCCc1cc(CCCCCNC(=O)CC(=O)N(C)C23CC4CC(CC(C4)C2)C3)cc(CCCCCNC(=O)CC(=O)N(C)C23CC4CC(CC(C4)C2)C3)c1)C12CC3CC(CC(C3)C1)C2. The molecule has 0 unspecified atom stereocenters. The third-order valence-electron chi connectivity index (χ3n) is 34.2. The van der Waals surface area contributed by atoms with E-state index >= 15 is 0 Å². The molecule has 0 aromatic heterocycles. The van der Waals surface area contributed by atoms with Crippen LogP contribution in [0.3, 0.4) is 0 Å². The first-order chi connectivity index (χ1) is 68.0. The minimum atomic E-state index is -0.205. The maximum Gasteiger partial charge on any atom is 0.232 e. The third-order valence-corrected chi connectivity index (χ3v) is 34.2. The van der Waals surface area contributed by atoms with Crippen LogP contribution >= 0.6 is 0 Å². The monoisotopic (exact) mass is 1960 g/mol. The molecule has 0 heterocycles. The van der Waals surface area contributed by atoms with Gasteiger partial charge in [-0.25, -0.2) is 0 Å². The number of benzene rings is 2. The lowest BCUT2D eigenvalue weighted by atomic mass is 9.52. The molecule has 0 aliphatic heterocycles. The Kier molecular flexibility index (Phi) is 49.7. The molecule has 0 saturated heterocycles. The van der Waals surface area contributed by atoms with Crippen LogP contribution in [0.1, 0.15) is 420 Å². The highest BCUT2D eigenvalue weighted by atomic mass is 16.2. The Morgan fingerprint density at radius 3 is 0.546 bits per heavy atom. The summed E-state index contributed by atoms with van der Waals surface area (Å²) in [6.45, 7) is 12.1. The van der Waals surface area contributed by atoms with Gasteiger partial charge in [0.1, 0.15) is 38.5 Å². The van der Waals surface area contributed by atoms with Gasteiger partial charge in [0.05, 0.1) is 0 Å². The number of hydrogen-bond acceptors (Lipinski definition) is 12. The third kappa shape index (κ3) is 39.4. The molecule has 2 aromatic carbocycles. The second-order valence-electron chi connectivity index (χ2n) is 46.3. The summed E-state index contributed by atoms with van der Waals surface area (Å²) in [4.78, 5) is 165. The molecule has 792 valence electrons. The van der Waals surface area contributed by atoms with Crippen molar-refractivity contribution >= 4 is 70.9 Å². The van der Waals surface area contributed by atoms with Crippen molar-refractivity contribution in [2.45, 2.75) is 442 Å². The summed E-state index contributed by atoms with van der Waals surface area (Å²) in [7, 11) is 11.2. The smallest absolute Gasteiger partial charge is 0.232 e. The molecule has 24 heteroatoms. The zero-order valence-corrected chi connectivity index (χ0v) is 89.7. The summed E-state index contributed by atoms with van der Waals surface area (Å²) < 4.78 is 0. The highest BCUT2D eigenvalue weighted by Gasteiger charge is 2.57. The van der Waals surface area contributed by atoms with Crippen LogP contribution in [0, 0.1) is 53.3 Å². The van der Waals surface area contributed by atoms with Gasteiger partial charge in [0.15, 0.2) is 0 Å². The van der Waals surface area contributed by atoms with Gasteiger partial charge >= 0.3 is 0 Å². The van der Waals surface area contributed by atoms with E-state index in [9.17, 15) is 57.5 Å². The van der Waals surface area contributed by atoms with Gasteiger partial charge in [-0.1, -0.05) is 173 Å². The number of unbranched alkanes of at least 4 members (excludes halogenated alkanes) is 24. The van der Waals surface area contributed by atoms with Gasteiger partial charge in [0.2, 0.25) is 70.9 Å². The Morgan fingerprint density at radius 2 is 0.376 bits per heavy atom. The van der Waals surface area contributed by atoms with Crippen molar-refractivity contribution in [1.82, 2.24) is 61.3 Å². The second kappa shape index (κ2) is 60.9. The van der Waals surface area contributed by atoms with Crippen LogP contribution in [0.25, 0.3) is 0 Å². The summed E-state index contributed by atoms with van der Waals surface area (Å²) >= 11 is 0. The topological polar surface area (TPSA) is 296 Å². The molecule has 0 radical (unpaired) electrons. The standard InChI is InChI=1S/C63H96N6O6.C54H96N6O6/c1-67(61-34-46-22-47(35-61)24-48(23-46)36-61)58(73)31-55(70)64-16-10-4-7-13-43-19-44(14-8-5-11-17-65-56(71)32-59(74)68(2)62-37-49-25-50(38-62)27-51(26-49)39-62)21-45(20-43)15-9-6-12-18-66-57(72)33-60(75)69(3)63-40-52-28-53(41-63)30-54(29-52)42-63;1-7-10-13-16-28-37-58(4)52(64)43-49(61)55-34-25-19-22-31-46-40-47(32-23-20-26-35-56-50(62)44-53(65)59(5)38-29-17-14-11-8-2)42-48(41-46)33-24-21-27-36-57-51(63)45-54(66)60(6)39-30-18-15-12-9-3/h19-21,46-54H,4-18,22-42H2,1-3H3,(H,64,70)(H,65,71)(H,66,72);40-42H,7-39,43-45H2,1-6H3,(H,55,61)(H,56,62)(H,57,63). The lowest BCUT2D eigenvalue weighted by Gasteiger charge is -2.59. The number of hydrogen-bond donors (Lipinski definition) is 6. The van der Waals surface area contributed by atoms with E-state index in [2.05, 4.69) is 89.1 Å². The molecule has 14 rings (SSSR count). The fourth-order valence-electron chi connectivity index (χ4n) is 27.1. The molecule has 12 amide bonds. The minimum absolute atomic E-state index is 0.0245. The van der Waals surface area contributed by atoms with Crippen LogP contribution < -0.4 is 31.9 Å². The lowest BCUT2D eigenvalue weighted by molar-refractivity contribution is -0.150. The molecular formula is C117H192N12O12. The number of nitrogens with one attached hydrogen (secondary N) is 6. The first-order valence-electron chi connectivity index (χ1n) is 57.4.